The molecule has 0 fully saturated rings. The fraction of sp³-hybridized carbons (Fsp3) is 0.438. The molecular formula is C16H23NO4. The molecule has 0 spiro atoms. The second-order valence-electron chi connectivity index (χ2n) is 4.45. The molecule has 0 aliphatic carbocycles. The van der Waals surface area contributed by atoms with Crippen molar-refractivity contribution in [2.45, 2.75) is 20.3 Å². The van der Waals surface area contributed by atoms with Crippen LogP contribution in [0.3, 0.4) is 0 Å². The topological polar surface area (TPSA) is 56.8 Å². The van der Waals surface area contributed by atoms with E-state index in [1.165, 1.54) is 6.08 Å². The monoisotopic (exact) mass is 293 g/mol. The van der Waals surface area contributed by atoms with E-state index in [4.69, 9.17) is 14.2 Å². The fourth-order valence-electron chi connectivity index (χ4n) is 1.85. The van der Waals surface area contributed by atoms with Crippen molar-refractivity contribution in [2.75, 3.05) is 27.4 Å². The predicted octanol–water partition coefficient (Wildman–Crippen LogP) is 2.30. The lowest BCUT2D eigenvalue weighted by atomic mass is 10.1. The molecule has 0 aliphatic heterocycles. The molecule has 0 saturated carbocycles. The Morgan fingerprint density at radius 1 is 1.24 bits per heavy atom. The van der Waals surface area contributed by atoms with Gasteiger partial charge < -0.3 is 19.5 Å². The van der Waals surface area contributed by atoms with Gasteiger partial charge in [-0.3, -0.25) is 0 Å². The lowest BCUT2D eigenvalue weighted by molar-refractivity contribution is -0.137. The summed E-state index contributed by atoms with van der Waals surface area (Å²) in [5.74, 6) is 1.11. The average molecular weight is 293 g/mol. The molecule has 0 saturated heterocycles. The molecule has 1 rings (SSSR count). The lowest BCUT2D eigenvalue weighted by Gasteiger charge is -2.10. The number of nitrogens with one attached hydrogen (secondary N) is 1. The Kier molecular flexibility index (Phi) is 7.15. The van der Waals surface area contributed by atoms with Crippen LogP contribution in [0.1, 0.15) is 19.4 Å². The third kappa shape index (κ3) is 5.77. The second kappa shape index (κ2) is 8.89. The van der Waals surface area contributed by atoms with Gasteiger partial charge >= 0.3 is 5.97 Å². The molecule has 5 nitrogen and oxygen atoms in total. The molecule has 116 valence electrons. The Bertz CT molecular complexity index is 497. The van der Waals surface area contributed by atoms with Crippen molar-refractivity contribution in [2.24, 2.45) is 0 Å². The van der Waals surface area contributed by atoms with E-state index in [0.717, 1.165) is 24.2 Å². The van der Waals surface area contributed by atoms with Crippen LogP contribution >= 0.6 is 0 Å². The summed E-state index contributed by atoms with van der Waals surface area (Å²) in [4.78, 5) is 11.3. The lowest BCUT2D eigenvalue weighted by Crippen LogP contribution is -2.16. The molecule has 0 atom stereocenters. The van der Waals surface area contributed by atoms with Crippen molar-refractivity contribution in [1.82, 2.24) is 5.32 Å². The van der Waals surface area contributed by atoms with Crippen LogP contribution in [0.25, 0.3) is 0 Å². The highest BCUT2D eigenvalue weighted by Gasteiger charge is 2.04. The van der Waals surface area contributed by atoms with Crippen LogP contribution in [-0.2, 0) is 16.0 Å². The van der Waals surface area contributed by atoms with Gasteiger partial charge in [0, 0.05) is 18.3 Å². The SMILES string of the molecule is CCOC(=O)/C=C(/C)NCCc1ccc(OC)c(OC)c1. The number of hydrogen-bond donors (Lipinski definition) is 1. The number of esters is 1. The van der Waals surface area contributed by atoms with Crippen molar-refractivity contribution >= 4 is 5.97 Å². The van der Waals surface area contributed by atoms with Crippen molar-refractivity contribution in [3.05, 3.63) is 35.5 Å². The Labute approximate surface area is 125 Å². The van der Waals surface area contributed by atoms with Gasteiger partial charge in [0.1, 0.15) is 0 Å². The van der Waals surface area contributed by atoms with Gasteiger partial charge in [-0.25, -0.2) is 4.79 Å². The van der Waals surface area contributed by atoms with Crippen LogP contribution in [0.15, 0.2) is 30.0 Å². The Balaban J connectivity index is 2.50. The van der Waals surface area contributed by atoms with Crippen molar-refractivity contribution in [1.29, 1.82) is 0 Å². The largest absolute Gasteiger partial charge is 0.493 e. The molecule has 0 aliphatic rings. The number of rotatable bonds is 8. The van der Waals surface area contributed by atoms with Gasteiger partial charge in [0.15, 0.2) is 11.5 Å². The van der Waals surface area contributed by atoms with E-state index in [1.807, 2.05) is 25.1 Å². The highest BCUT2D eigenvalue weighted by atomic mass is 16.5. The van der Waals surface area contributed by atoms with Crippen LogP contribution < -0.4 is 14.8 Å². The minimum Gasteiger partial charge on any atom is -0.493 e. The Morgan fingerprint density at radius 2 is 1.95 bits per heavy atom. The second-order valence-corrected chi connectivity index (χ2v) is 4.45. The number of allylic oxidation sites excluding steroid dienone is 1. The highest BCUT2D eigenvalue weighted by Crippen LogP contribution is 2.27. The van der Waals surface area contributed by atoms with E-state index in [9.17, 15) is 4.79 Å². The summed E-state index contributed by atoms with van der Waals surface area (Å²) in [5, 5.41) is 3.17. The van der Waals surface area contributed by atoms with Gasteiger partial charge in [-0.05, 0) is 38.0 Å². The van der Waals surface area contributed by atoms with Crippen LogP contribution in [0.5, 0.6) is 11.5 Å². The molecular weight excluding hydrogens is 270 g/mol. The maximum atomic E-state index is 11.3. The molecule has 0 unspecified atom stereocenters. The molecule has 5 heteroatoms. The standard InChI is InChI=1S/C16H23NO4/c1-5-21-16(18)10-12(2)17-9-8-13-6-7-14(19-3)15(11-13)20-4/h6-7,10-11,17H,5,8-9H2,1-4H3/b12-10-. The fourth-order valence-corrected chi connectivity index (χ4v) is 1.85. The third-order valence-electron chi connectivity index (χ3n) is 2.89. The van der Waals surface area contributed by atoms with E-state index >= 15 is 0 Å². The molecule has 0 aromatic heterocycles. The van der Waals surface area contributed by atoms with Crippen LogP contribution in [0.2, 0.25) is 0 Å². The highest BCUT2D eigenvalue weighted by molar-refractivity contribution is 5.82. The molecule has 0 heterocycles. The molecule has 0 radical (unpaired) electrons. The van der Waals surface area contributed by atoms with E-state index in [0.29, 0.717) is 18.1 Å². The quantitative estimate of drug-likeness (QED) is 0.589. The number of hydrogen-bond acceptors (Lipinski definition) is 5. The number of carbonyl (C=O) groups is 1. The first-order valence-electron chi connectivity index (χ1n) is 6.90. The molecule has 0 amide bonds. The normalized spacial score (nSPS) is 11.0. The zero-order valence-electron chi connectivity index (χ0n) is 13.1. The Morgan fingerprint density at radius 3 is 2.57 bits per heavy atom. The molecule has 1 aromatic carbocycles. The number of benzene rings is 1. The first-order valence-corrected chi connectivity index (χ1v) is 6.90. The van der Waals surface area contributed by atoms with E-state index in [-0.39, 0.29) is 5.97 Å². The third-order valence-corrected chi connectivity index (χ3v) is 2.89. The van der Waals surface area contributed by atoms with Crippen molar-refractivity contribution in [3.63, 3.8) is 0 Å². The van der Waals surface area contributed by atoms with Gasteiger partial charge in [0.2, 0.25) is 0 Å². The summed E-state index contributed by atoms with van der Waals surface area (Å²) < 4.78 is 15.3. The summed E-state index contributed by atoms with van der Waals surface area (Å²) in [6.07, 6.45) is 2.27. The van der Waals surface area contributed by atoms with Crippen LogP contribution in [0.4, 0.5) is 0 Å². The Hall–Kier alpha value is -2.17. The molecule has 1 N–H and O–H groups in total. The zero-order valence-corrected chi connectivity index (χ0v) is 13.1. The first kappa shape index (κ1) is 16.9. The maximum absolute atomic E-state index is 11.3. The molecule has 1 aromatic rings. The van der Waals surface area contributed by atoms with Gasteiger partial charge in [0.05, 0.1) is 20.8 Å². The van der Waals surface area contributed by atoms with E-state index in [1.54, 1.807) is 21.1 Å². The van der Waals surface area contributed by atoms with Crippen LogP contribution in [0, 0.1) is 0 Å². The molecule has 21 heavy (non-hydrogen) atoms. The summed E-state index contributed by atoms with van der Waals surface area (Å²) in [6.45, 7) is 4.72. The maximum Gasteiger partial charge on any atom is 0.332 e. The van der Waals surface area contributed by atoms with Gasteiger partial charge in [-0.2, -0.15) is 0 Å². The smallest absolute Gasteiger partial charge is 0.332 e. The van der Waals surface area contributed by atoms with Gasteiger partial charge in [-0.1, -0.05) is 6.07 Å². The first-order chi connectivity index (χ1) is 10.1. The number of methoxy groups -OCH3 is 2. The number of ether oxygens (including phenoxy) is 3. The number of carbonyl (C=O) groups excluding carboxylic acids is 1. The van der Waals surface area contributed by atoms with Crippen LogP contribution in [-0.4, -0.2) is 33.3 Å². The zero-order chi connectivity index (χ0) is 15.7. The van der Waals surface area contributed by atoms with Crippen molar-refractivity contribution in [3.8, 4) is 11.5 Å². The summed E-state index contributed by atoms with van der Waals surface area (Å²) >= 11 is 0. The minimum absolute atomic E-state index is 0.325. The van der Waals surface area contributed by atoms with Gasteiger partial charge in [-0.15, -0.1) is 0 Å². The summed E-state index contributed by atoms with van der Waals surface area (Å²) in [5.41, 5.74) is 1.91. The predicted molar refractivity (Wildman–Crippen MR) is 81.6 cm³/mol. The van der Waals surface area contributed by atoms with Crippen molar-refractivity contribution < 1.29 is 19.0 Å². The summed E-state index contributed by atoms with van der Waals surface area (Å²) in [7, 11) is 3.23. The average Bonchev–Trinajstić information content (AvgIpc) is 2.47. The summed E-state index contributed by atoms with van der Waals surface area (Å²) in [6, 6.07) is 5.83. The van der Waals surface area contributed by atoms with Gasteiger partial charge in [0.25, 0.3) is 0 Å². The minimum atomic E-state index is -0.325. The van der Waals surface area contributed by atoms with E-state index in [2.05, 4.69) is 5.32 Å². The van der Waals surface area contributed by atoms with E-state index < -0.39 is 0 Å². The molecule has 0 bridgehead atoms.